The first-order valence-corrected chi connectivity index (χ1v) is 3.18. The van der Waals surface area contributed by atoms with Crippen LogP contribution in [-0.4, -0.2) is 16.2 Å². The average Bonchev–Trinajstić information content (AvgIpc) is 2.12. The average molecular weight is 133 g/mol. The van der Waals surface area contributed by atoms with Gasteiger partial charge in [-0.15, -0.1) is 0 Å². The lowest BCUT2D eigenvalue weighted by Gasteiger charge is -1.95. The second-order valence-electron chi connectivity index (χ2n) is 1.34. The molecular formula is C3H5N2O2S. The Kier molecular flexibility index (Phi) is 1.69. The van der Waals surface area contributed by atoms with Crippen molar-refractivity contribution in [1.82, 2.24) is 5.32 Å². The van der Waals surface area contributed by atoms with E-state index < -0.39 is 5.50 Å². The molecule has 4 nitrogen and oxygen atoms in total. The monoisotopic (exact) mass is 133 g/mol. The minimum absolute atomic E-state index is 0.339. The molecule has 0 aromatic carbocycles. The van der Waals surface area contributed by atoms with Crippen LogP contribution in [0.2, 0.25) is 0 Å². The van der Waals surface area contributed by atoms with Crippen molar-refractivity contribution >= 4 is 11.8 Å². The van der Waals surface area contributed by atoms with Crippen LogP contribution in [0.3, 0.4) is 0 Å². The smallest absolute Gasteiger partial charge is 0.262 e. The fraction of sp³-hybridized carbons (Fsp3) is 0.667. The molecule has 0 saturated carbocycles. The van der Waals surface area contributed by atoms with Gasteiger partial charge in [0.1, 0.15) is 0 Å². The number of nitrogens with one attached hydrogen (secondary N) is 1. The van der Waals surface area contributed by atoms with Crippen molar-refractivity contribution < 1.29 is 4.92 Å². The van der Waals surface area contributed by atoms with E-state index in [1.807, 2.05) is 0 Å². The van der Waals surface area contributed by atoms with Gasteiger partial charge in [0.05, 0.1) is 4.92 Å². The summed E-state index contributed by atoms with van der Waals surface area (Å²) < 4.78 is 0. The number of thioether (sulfide) groups is 1. The second kappa shape index (κ2) is 2.32. The molecule has 0 amide bonds. The van der Waals surface area contributed by atoms with Gasteiger partial charge in [0.2, 0.25) is 0 Å². The summed E-state index contributed by atoms with van der Waals surface area (Å²) in [4.78, 5) is 9.56. The lowest BCUT2D eigenvalue weighted by Crippen LogP contribution is -2.25. The van der Waals surface area contributed by atoms with E-state index in [9.17, 15) is 10.1 Å². The molecule has 1 aliphatic heterocycles. The van der Waals surface area contributed by atoms with Crippen molar-refractivity contribution in [2.24, 2.45) is 0 Å². The van der Waals surface area contributed by atoms with Gasteiger partial charge in [-0.2, -0.15) is 0 Å². The van der Waals surface area contributed by atoms with Crippen LogP contribution in [0.4, 0.5) is 0 Å². The van der Waals surface area contributed by atoms with Gasteiger partial charge in [0.25, 0.3) is 0 Å². The largest absolute Gasteiger partial charge is 0.313 e. The fourth-order valence-corrected chi connectivity index (χ4v) is 1.15. The van der Waals surface area contributed by atoms with E-state index in [2.05, 4.69) is 5.32 Å². The summed E-state index contributed by atoms with van der Waals surface area (Å²) in [5.74, 6) is 0.728. The third-order valence-electron chi connectivity index (χ3n) is 0.789. The molecule has 1 saturated heterocycles. The number of rotatable bonds is 1. The third-order valence-corrected chi connectivity index (χ3v) is 1.77. The summed E-state index contributed by atoms with van der Waals surface area (Å²) in [6, 6.07) is 0. The normalized spacial score (nSPS) is 28.2. The molecule has 45 valence electrons. The van der Waals surface area contributed by atoms with Crippen LogP contribution >= 0.6 is 11.8 Å². The molecule has 1 N–H and O–H groups in total. The highest BCUT2D eigenvalue weighted by molar-refractivity contribution is 8.00. The molecule has 0 spiro atoms. The quantitative estimate of drug-likeness (QED) is 0.405. The third kappa shape index (κ3) is 1.10. The minimum Gasteiger partial charge on any atom is -0.262 e. The molecule has 8 heavy (non-hydrogen) atoms. The Hall–Kier alpha value is -0.290. The Morgan fingerprint density at radius 3 is 3.00 bits per heavy atom. The SMILES string of the molecule is O=[N+]([O-])C1N[CH]CS1. The maximum absolute atomic E-state index is 9.90. The fourth-order valence-electron chi connectivity index (χ4n) is 0.458. The number of hydrogen-bond acceptors (Lipinski definition) is 4. The number of hydrogen-bond donors (Lipinski definition) is 1. The zero-order valence-electron chi connectivity index (χ0n) is 4.03. The Morgan fingerprint density at radius 2 is 2.75 bits per heavy atom. The highest BCUT2D eigenvalue weighted by atomic mass is 32.2. The summed E-state index contributed by atoms with van der Waals surface area (Å²) in [5, 5.41) is 12.5. The molecule has 1 radical (unpaired) electrons. The van der Waals surface area contributed by atoms with E-state index in [1.54, 1.807) is 6.54 Å². The van der Waals surface area contributed by atoms with Crippen molar-refractivity contribution in [3.05, 3.63) is 16.7 Å². The van der Waals surface area contributed by atoms with E-state index in [4.69, 9.17) is 0 Å². The van der Waals surface area contributed by atoms with Crippen LogP contribution in [0.1, 0.15) is 0 Å². The van der Waals surface area contributed by atoms with Crippen molar-refractivity contribution in [3.8, 4) is 0 Å². The molecule has 1 rings (SSSR count). The zero-order valence-corrected chi connectivity index (χ0v) is 4.85. The molecule has 0 bridgehead atoms. The van der Waals surface area contributed by atoms with Crippen LogP contribution in [0.15, 0.2) is 0 Å². The van der Waals surface area contributed by atoms with Gasteiger partial charge in [-0.25, -0.2) is 5.32 Å². The maximum atomic E-state index is 9.90. The predicted octanol–water partition coefficient (Wildman–Crippen LogP) is 0.0449. The van der Waals surface area contributed by atoms with Gasteiger partial charge in [0.15, 0.2) is 0 Å². The van der Waals surface area contributed by atoms with Crippen LogP contribution in [0.5, 0.6) is 0 Å². The molecule has 1 aliphatic rings. The first-order chi connectivity index (χ1) is 3.80. The summed E-state index contributed by atoms with van der Waals surface area (Å²) in [7, 11) is 0. The first-order valence-electron chi connectivity index (χ1n) is 2.13. The van der Waals surface area contributed by atoms with Gasteiger partial charge >= 0.3 is 5.50 Å². The van der Waals surface area contributed by atoms with E-state index in [1.165, 1.54) is 11.8 Å². The summed E-state index contributed by atoms with van der Waals surface area (Å²) >= 11 is 1.28. The van der Waals surface area contributed by atoms with Crippen molar-refractivity contribution in [2.45, 2.75) is 5.50 Å². The van der Waals surface area contributed by atoms with Gasteiger partial charge in [-0.3, -0.25) is 10.1 Å². The molecule has 5 heteroatoms. The molecule has 1 atom stereocenters. The molecule has 0 aliphatic carbocycles. The van der Waals surface area contributed by atoms with Crippen LogP contribution < -0.4 is 5.32 Å². The van der Waals surface area contributed by atoms with E-state index in [-0.39, 0.29) is 4.92 Å². The number of nitrogens with zero attached hydrogens (tertiary/aromatic N) is 1. The highest BCUT2D eigenvalue weighted by Crippen LogP contribution is 2.15. The second-order valence-corrected chi connectivity index (χ2v) is 2.46. The summed E-state index contributed by atoms with van der Waals surface area (Å²) in [6.45, 7) is 1.69. The van der Waals surface area contributed by atoms with Gasteiger partial charge in [-0.1, -0.05) is 11.8 Å². The Morgan fingerprint density at radius 1 is 2.00 bits per heavy atom. The molecule has 1 fully saturated rings. The van der Waals surface area contributed by atoms with Gasteiger partial charge in [0, 0.05) is 12.3 Å². The highest BCUT2D eigenvalue weighted by Gasteiger charge is 2.24. The van der Waals surface area contributed by atoms with Gasteiger partial charge in [-0.05, 0) is 0 Å². The number of nitro groups is 1. The van der Waals surface area contributed by atoms with Crippen molar-refractivity contribution in [3.63, 3.8) is 0 Å². The molecule has 1 heterocycles. The zero-order chi connectivity index (χ0) is 5.98. The van der Waals surface area contributed by atoms with Crippen molar-refractivity contribution in [2.75, 3.05) is 5.75 Å². The predicted molar refractivity (Wildman–Crippen MR) is 30.7 cm³/mol. The first kappa shape index (κ1) is 5.84. The Bertz CT molecular complexity index is 101. The summed E-state index contributed by atoms with van der Waals surface area (Å²) in [5.41, 5.74) is -0.602. The Balaban J connectivity index is 2.35. The lowest BCUT2D eigenvalue weighted by atomic mass is 10.8. The molecule has 1 unspecified atom stereocenters. The van der Waals surface area contributed by atoms with E-state index in [0.29, 0.717) is 0 Å². The van der Waals surface area contributed by atoms with Gasteiger partial charge < -0.3 is 0 Å². The molecular weight excluding hydrogens is 128 g/mol. The minimum atomic E-state index is -0.602. The van der Waals surface area contributed by atoms with Crippen LogP contribution in [0, 0.1) is 16.7 Å². The van der Waals surface area contributed by atoms with Crippen LogP contribution in [-0.2, 0) is 0 Å². The summed E-state index contributed by atoms with van der Waals surface area (Å²) in [6.07, 6.45) is 0. The maximum Gasteiger partial charge on any atom is 0.313 e. The molecule has 0 aromatic heterocycles. The van der Waals surface area contributed by atoms with E-state index >= 15 is 0 Å². The molecule has 0 aromatic rings. The topological polar surface area (TPSA) is 55.2 Å². The Labute approximate surface area is 50.8 Å². The van der Waals surface area contributed by atoms with Crippen molar-refractivity contribution in [1.29, 1.82) is 0 Å². The van der Waals surface area contributed by atoms with Crippen LogP contribution in [0.25, 0.3) is 0 Å². The standard InChI is InChI=1S/C3H5N2O2S/c6-5(7)3-4-1-2-8-3/h1,3-4H,2H2. The lowest BCUT2D eigenvalue weighted by molar-refractivity contribution is -0.499. The van der Waals surface area contributed by atoms with E-state index in [0.717, 1.165) is 5.75 Å².